The highest BCUT2D eigenvalue weighted by Gasteiger charge is 2.20. The molecule has 0 saturated carbocycles. The van der Waals surface area contributed by atoms with Crippen LogP contribution in [-0.4, -0.2) is 47.4 Å². The Morgan fingerprint density at radius 3 is 1.00 bits per heavy atom. The summed E-state index contributed by atoms with van der Waals surface area (Å²) in [6.45, 7) is 4.97. The molecular weight excluding hydrogens is 947 g/mol. The van der Waals surface area contributed by atoms with Gasteiger partial charge in [0, 0.05) is 12.8 Å². The molecule has 456 valence electrons. The first-order chi connectivity index (χ1) is 38.0. The van der Waals surface area contributed by atoms with Gasteiger partial charge in [0.05, 0.1) is 25.4 Å². The molecular formula is C71H137NO5. The zero-order valence-electron chi connectivity index (χ0n) is 52.2. The maximum Gasteiger partial charge on any atom is 0.305 e. The van der Waals surface area contributed by atoms with Gasteiger partial charge in [0.25, 0.3) is 0 Å². The fourth-order valence-electron chi connectivity index (χ4n) is 11.1. The van der Waals surface area contributed by atoms with Crippen molar-refractivity contribution < 1.29 is 24.5 Å². The minimum absolute atomic E-state index is 0.00989. The number of rotatable bonds is 66. The largest absolute Gasteiger partial charge is 0.466 e. The van der Waals surface area contributed by atoms with E-state index < -0.39 is 12.1 Å². The first kappa shape index (κ1) is 75.3. The first-order valence-corrected chi connectivity index (χ1v) is 35.1. The quantitative estimate of drug-likeness (QED) is 0.0320. The SMILES string of the molecule is CCCCCC/C=C\C/C=C\CCCCCCCCCC(=O)OCCCCCCCCCCCCCCCCCCCCCCCCCCCC(=O)NC(CO)C(O)CCCCCCCCCCCCCCCCCCC. The third-order valence-corrected chi connectivity index (χ3v) is 16.5. The molecule has 0 heterocycles. The van der Waals surface area contributed by atoms with Crippen LogP contribution in [0.3, 0.4) is 0 Å². The molecule has 0 spiro atoms. The highest BCUT2D eigenvalue weighted by molar-refractivity contribution is 5.76. The number of carbonyl (C=O) groups is 2. The van der Waals surface area contributed by atoms with Crippen molar-refractivity contribution in [3.05, 3.63) is 24.3 Å². The van der Waals surface area contributed by atoms with Crippen molar-refractivity contribution in [2.75, 3.05) is 13.2 Å². The number of aliphatic hydroxyl groups excluding tert-OH is 2. The first-order valence-electron chi connectivity index (χ1n) is 35.1. The van der Waals surface area contributed by atoms with Crippen molar-refractivity contribution in [3.8, 4) is 0 Å². The lowest BCUT2D eigenvalue weighted by atomic mass is 10.0. The van der Waals surface area contributed by atoms with Crippen LogP contribution in [0.25, 0.3) is 0 Å². The maximum atomic E-state index is 12.5. The van der Waals surface area contributed by atoms with Gasteiger partial charge in [0.2, 0.25) is 5.91 Å². The van der Waals surface area contributed by atoms with Crippen LogP contribution in [0.2, 0.25) is 0 Å². The highest BCUT2D eigenvalue weighted by Crippen LogP contribution is 2.19. The standard InChI is InChI=1S/C71H137NO5/c1-3-5-7-9-11-13-15-17-19-21-33-37-41-45-49-53-57-61-65-71(76)77-66-62-58-54-50-46-42-38-34-30-28-26-24-22-23-25-27-29-32-36-40-44-48-52-56-60-64-70(75)72-68(67-73)69(74)63-59-55-51-47-43-39-35-31-20-18-16-14-12-10-8-6-4-2/h13,15,19,21,68-69,73-74H,3-12,14,16-18,20,22-67H2,1-2H3,(H,72,75)/b15-13-,21-19-. The molecule has 6 nitrogen and oxygen atoms in total. The second kappa shape index (κ2) is 66.8. The summed E-state index contributed by atoms with van der Waals surface area (Å²) < 4.78 is 5.50. The number of ether oxygens (including phenoxy) is 1. The molecule has 6 heteroatoms. The normalized spacial score (nSPS) is 12.6. The van der Waals surface area contributed by atoms with Crippen molar-refractivity contribution in [2.45, 2.75) is 405 Å². The fraction of sp³-hybridized carbons (Fsp3) is 0.915. The highest BCUT2D eigenvalue weighted by atomic mass is 16.5. The second-order valence-electron chi connectivity index (χ2n) is 24.2. The van der Waals surface area contributed by atoms with Crippen molar-refractivity contribution >= 4 is 11.9 Å². The van der Waals surface area contributed by atoms with E-state index in [1.165, 1.54) is 308 Å². The molecule has 0 aromatic rings. The Labute approximate surface area is 481 Å². The molecule has 0 aromatic heterocycles. The average molecular weight is 1080 g/mol. The number of allylic oxidation sites excluding steroid dienone is 4. The lowest BCUT2D eigenvalue weighted by molar-refractivity contribution is -0.143. The Bertz CT molecular complexity index is 1200. The zero-order valence-corrected chi connectivity index (χ0v) is 52.2. The van der Waals surface area contributed by atoms with Crippen LogP contribution >= 0.6 is 0 Å². The molecule has 0 bridgehead atoms. The van der Waals surface area contributed by atoms with Crippen molar-refractivity contribution in [1.29, 1.82) is 0 Å². The van der Waals surface area contributed by atoms with Crippen molar-refractivity contribution in [3.63, 3.8) is 0 Å². The van der Waals surface area contributed by atoms with Gasteiger partial charge in [-0.25, -0.2) is 0 Å². The van der Waals surface area contributed by atoms with Crippen LogP contribution in [0.4, 0.5) is 0 Å². The van der Waals surface area contributed by atoms with Gasteiger partial charge in [-0.3, -0.25) is 9.59 Å². The molecule has 0 radical (unpaired) electrons. The minimum atomic E-state index is -0.663. The minimum Gasteiger partial charge on any atom is -0.466 e. The van der Waals surface area contributed by atoms with E-state index in [9.17, 15) is 19.8 Å². The number of nitrogens with one attached hydrogen (secondary N) is 1. The van der Waals surface area contributed by atoms with Crippen LogP contribution in [0.15, 0.2) is 24.3 Å². The molecule has 0 saturated heterocycles. The second-order valence-corrected chi connectivity index (χ2v) is 24.2. The number of hydrogen-bond acceptors (Lipinski definition) is 5. The smallest absolute Gasteiger partial charge is 0.305 e. The number of amides is 1. The average Bonchev–Trinajstić information content (AvgIpc) is 3.43. The van der Waals surface area contributed by atoms with E-state index in [-0.39, 0.29) is 18.5 Å². The number of esters is 1. The van der Waals surface area contributed by atoms with E-state index in [1.807, 2.05) is 0 Å². The molecule has 2 atom stereocenters. The lowest BCUT2D eigenvalue weighted by Crippen LogP contribution is -2.45. The van der Waals surface area contributed by atoms with E-state index in [2.05, 4.69) is 43.5 Å². The van der Waals surface area contributed by atoms with E-state index in [0.717, 1.165) is 51.4 Å². The molecule has 77 heavy (non-hydrogen) atoms. The molecule has 0 aliphatic rings. The Kier molecular flexibility index (Phi) is 65.4. The molecule has 3 N–H and O–H groups in total. The Balaban J connectivity index is 3.35. The van der Waals surface area contributed by atoms with Crippen LogP contribution in [0.1, 0.15) is 393 Å². The van der Waals surface area contributed by atoms with E-state index in [1.54, 1.807) is 0 Å². The molecule has 1 amide bonds. The van der Waals surface area contributed by atoms with Gasteiger partial charge in [-0.1, -0.05) is 346 Å². The van der Waals surface area contributed by atoms with Crippen molar-refractivity contribution in [1.82, 2.24) is 5.32 Å². The monoisotopic (exact) mass is 1080 g/mol. The summed E-state index contributed by atoms with van der Waals surface area (Å²) in [5.74, 6) is -0.0199. The van der Waals surface area contributed by atoms with Crippen LogP contribution in [0.5, 0.6) is 0 Å². The third kappa shape index (κ3) is 63.4. The third-order valence-electron chi connectivity index (χ3n) is 16.5. The van der Waals surface area contributed by atoms with Crippen LogP contribution < -0.4 is 5.32 Å². The molecule has 0 aliphatic heterocycles. The molecule has 2 unspecified atom stereocenters. The van der Waals surface area contributed by atoms with E-state index in [0.29, 0.717) is 25.9 Å². The van der Waals surface area contributed by atoms with E-state index in [4.69, 9.17) is 4.74 Å². The number of aliphatic hydroxyl groups is 2. The summed E-state index contributed by atoms with van der Waals surface area (Å²) in [6, 6.07) is -0.540. The number of hydrogen-bond donors (Lipinski definition) is 3. The fourth-order valence-corrected chi connectivity index (χ4v) is 11.1. The van der Waals surface area contributed by atoms with E-state index >= 15 is 0 Å². The summed E-state index contributed by atoms with van der Waals surface area (Å²) in [7, 11) is 0. The van der Waals surface area contributed by atoms with Gasteiger partial charge < -0.3 is 20.3 Å². The van der Waals surface area contributed by atoms with Gasteiger partial charge in [0.15, 0.2) is 0 Å². The molecule has 0 fully saturated rings. The van der Waals surface area contributed by atoms with Gasteiger partial charge >= 0.3 is 5.97 Å². The molecule has 0 aromatic carbocycles. The summed E-state index contributed by atoms with van der Waals surface area (Å²) in [5, 5.41) is 23.4. The van der Waals surface area contributed by atoms with Gasteiger partial charge in [-0.2, -0.15) is 0 Å². The zero-order chi connectivity index (χ0) is 55.7. The predicted molar refractivity (Wildman–Crippen MR) is 338 cm³/mol. The summed E-state index contributed by atoms with van der Waals surface area (Å²) in [5.41, 5.74) is 0. The lowest BCUT2D eigenvalue weighted by Gasteiger charge is -2.22. The van der Waals surface area contributed by atoms with Crippen LogP contribution in [-0.2, 0) is 14.3 Å². The molecule has 0 rings (SSSR count). The Morgan fingerprint density at radius 1 is 0.364 bits per heavy atom. The van der Waals surface area contributed by atoms with Gasteiger partial charge in [-0.05, 0) is 57.8 Å². The van der Waals surface area contributed by atoms with Crippen LogP contribution in [0, 0.1) is 0 Å². The Morgan fingerprint density at radius 2 is 0.649 bits per heavy atom. The number of unbranched alkanes of at least 4 members (excludes halogenated alkanes) is 51. The van der Waals surface area contributed by atoms with Gasteiger partial charge in [0.1, 0.15) is 0 Å². The summed E-state index contributed by atoms with van der Waals surface area (Å²) in [4.78, 5) is 24.6. The topological polar surface area (TPSA) is 95.9 Å². The summed E-state index contributed by atoms with van der Waals surface area (Å²) in [6.07, 6.45) is 83.6. The maximum absolute atomic E-state index is 12.5. The molecule has 0 aliphatic carbocycles. The van der Waals surface area contributed by atoms with Gasteiger partial charge in [-0.15, -0.1) is 0 Å². The van der Waals surface area contributed by atoms with Crippen molar-refractivity contribution in [2.24, 2.45) is 0 Å². The number of carbonyl (C=O) groups excluding carboxylic acids is 2. The predicted octanol–water partition coefficient (Wildman–Crippen LogP) is 22.5. The Hall–Kier alpha value is -1.66. The summed E-state index contributed by atoms with van der Waals surface area (Å²) >= 11 is 0.